The van der Waals surface area contributed by atoms with Gasteiger partial charge in [-0.2, -0.15) is 0 Å². The normalized spacial score (nSPS) is 20.9. The van der Waals surface area contributed by atoms with Gasteiger partial charge in [-0.15, -0.1) is 11.3 Å². The summed E-state index contributed by atoms with van der Waals surface area (Å²) in [5.74, 6) is 0.891. The number of likely N-dealkylation sites (tertiary alicyclic amines) is 2. The highest BCUT2D eigenvalue weighted by molar-refractivity contribution is 7.11. The Balaban J connectivity index is 1.63. The van der Waals surface area contributed by atoms with Gasteiger partial charge in [-0.3, -0.25) is 9.59 Å². The van der Waals surface area contributed by atoms with Crippen molar-refractivity contribution in [1.29, 1.82) is 0 Å². The van der Waals surface area contributed by atoms with E-state index in [1.807, 2.05) is 29.8 Å². The molecule has 2 fully saturated rings. The number of carbonyl (C=O) groups is 2. The molecule has 2 aliphatic heterocycles. The molecule has 0 bridgehead atoms. The van der Waals surface area contributed by atoms with Gasteiger partial charge in [-0.25, -0.2) is 4.98 Å². The number of piperidine rings is 1. The van der Waals surface area contributed by atoms with Crippen LogP contribution in [0.5, 0.6) is 0 Å². The van der Waals surface area contributed by atoms with Gasteiger partial charge in [-0.05, 0) is 32.1 Å². The Labute approximate surface area is 148 Å². The Morgan fingerprint density at radius 3 is 2.50 bits per heavy atom. The number of aryl methyl sites for hydroxylation is 1. The predicted octanol–water partition coefficient (Wildman–Crippen LogP) is 2.80. The number of rotatable bonds is 4. The lowest BCUT2D eigenvalue weighted by Crippen LogP contribution is -2.53. The smallest absolute Gasteiger partial charge is 0.245 e. The zero-order chi connectivity index (χ0) is 17.3. The molecule has 2 saturated heterocycles. The van der Waals surface area contributed by atoms with E-state index in [9.17, 15) is 9.59 Å². The molecule has 3 heterocycles. The van der Waals surface area contributed by atoms with Crippen LogP contribution in [0.25, 0.3) is 0 Å². The van der Waals surface area contributed by atoms with Crippen LogP contribution in [-0.2, 0) is 9.59 Å². The van der Waals surface area contributed by atoms with Gasteiger partial charge in [-0.1, -0.05) is 13.8 Å². The van der Waals surface area contributed by atoms with Crippen LogP contribution in [0.2, 0.25) is 0 Å². The Morgan fingerprint density at radius 1 is 1.29 bits per heavy atom. The molecule has 2 amide bonds. The van der Waals surface area contributed by atoms with Gasteiger partial charge in [0.25, 0.3) is 0 Å². The Hall–Kier alpha value is -1.43. The van der Waals surface area contributed by atoms with E-state index in [1.54, 1.807) is 11.3 Å². The number of amides is 2. The molecule has 0 radical (unpaired) electrons. The van der Waals surface area contributed by atoms with Crippen molar-refractivity contribution in [3.05, 3.63) is 16.1 Å². The summed E-state index contributed by atoms with van der Waals surface area (Å²) in [6.45, 7) is 8.43. The average molecular weight is 350 g/mol. The van der Waals surface area contributed by atoms with Gasteiger partial charge >= 0.3 is 0 Å². The molecular weight excluding hydrogens is 322 g/mol. The fraction of sp³-hybridized carbons (Fsp3) is 0.722. The van der Waals surface area contributed by atoms with Crippen molar-refractivity contribution in [2.75, 3.05) is 19.6 Å². The number of hydrogen-bond donors (Lipinski definition) is 0. The summed E-state index contributed by atoms with van der Waals surface area (Å²) < 4.78 is 0. The molecule has 1 atom stereocenters. The van der Waals surface area contributed by atoms with Crippen LogP contribution in [-0.4, -0.2) is 52.3 Å². The average Bonchev–Trinajstić information content (AvgIpc) is 3.16. The first-order valence-corrected chi connectivity index (χ1v) is 9.79. The first kappa shape index (κ1) is 17.4. The maximum atomic E-state index is 13.0. The summed E-state index contributed by atoms with van der Waals surface area (Å²) in [5.41, 5.74) is 0. The SMILES string of the molecule is Cc1cnc(C2CCN(C(=O)[C@@H](C(C)C)N3CCCC3=O)CC2)s1. The molecule has 132 valence electrons. The minimum atomic E-state index is -0.293. The second-order valence-corrected chi connectivity index (χ2v) is 8.55. The van der Waals surface area contributed by atoms with Crippen molar-refractivity contribution >= 4 is 23.2 Å². The maximum Gasteiger partial charge on any atom is 0.245 e. The number of aromatic nitrogens is 1. The summed E-state index contributed by atoms with van der Waals surface area (Å²) in [6, 6.07) is -0.293. The third-order valence-electron chi connectivity index (χ3n) is 5.13. The Bertz CT molecular complexity index is 605. The molecule has 0 saturated carbocycles. The minimum absolute atomic E-state index is 0.133. The molecule has 0 unspecified atom stereocenters. The van der Waals surface area contributed by atoms with Crippen molar-refractivity contribution in [3.8, 4) is 0 Å². The first-order chi connectivity index (χ1) is 11.5. The lowest BCUT2D eigenvalue weighted by atomic mass is 9.95. The summed E-state index contributed by atoms with van der Waals surface area (Å²) in [7, 11) is 0. The molecule has 3 rings (SSSR count). The second-order valence-electron chi connectivity index (χ2n) is 7.29. The predicted molar refractivity (Wildman–Crippen MR) is 95.0 cm³/mol. The topological polar surface area (TPSA) is 53.5 Å². The molecule has 1 aromatic heterocycles. The van der Waals surface area contributed by atoms with Crippen LogP contribution in [0.3, 0.4) is 0 Å². The van der Waals surface area contributed by atoms with E-state index < -0.39 is 0 Å². The van der Waals surface area contributed by atoms with Crippen LogP contribution in [0.15, 0.2) is 6.20 Å². The standard InChI is InChI=1S/C18H27N3O2S/c1-12(2)16(21-8-4-5-15(21)22)18(23)20-9-6-14(7-10-20)17-19-11-13(3)24-17/h11-12,14,16H,4-10H2,1-3H3/t16-/m1/s1. The van der Waals surface area contributed by atoms with E-state index in [-0.39, 0.29) is 23.8 Å². The van der Waals surface area contributed by atoms with Gasteiger partial charge in [0, 0.05) is 43.0 Å². The summed E-state index contributed by atoms with van der Waals surface area (Å²) in [4.78, 5) is 34.7. The van der Waals surface area contributed by atoms with Gasteiger partial charge in [0.05, 0.1) is 5.01 Å². The van der Waals surface area contributed by atoms with Crippen LogP contribution in [0, 0.1) is 12.8 Å². The quantitative estimate of drug-likeness (QED) is 0.840. The van der Waals surface area contributed by atoms with Crippen molar-refractivity contribution in [2.45, 2.75) is 58.4 Å². The monoisotopic (exact) mass is 349 g/mol. The van der Waals surface area contributed by atoms with Crippen LogP contribution in [0.1, 0.15) is 55.3 Å². The molecule has 6 heteroatoms. The highest BCUT2D eigenvalue weighted by atomic mass is 32.1. The van der Waals surface area contributed by atoms with Crippen molar-refractivity contribution in [3.63, 3.8) is 0 Å². The summed E-state index contributed by atoms with van der Waals surface area (Å²) >= 11 is 1.77. The fourth-order valence-corrected chi connectivity index (χ4v) is 4.78. The zero-order valence-electron chi connectivity index (χ0n) is 14.8. The van der Waals surface area contributed by atoms with Crippen LogP contribution >= 0.6 is 11.3 Å². The highest BCUT2D eigenvalue weighted by Gasteiger charge is 2.38. The molecular formula is C18H27N3O2S. The van der Waals surface area contributed by atoms with E-state index in [0.717, 1.165) is 38.9 Å². The summed E-state index contributed by atoms with van der Waals surface area (Å²) in [5, 5.41) is 1.20. The van der Waals surface area contributed by atoms with Crippen LogP contribution < -0.4 is 0 Å². The van der Waals surface area contributed by atoms with Crippen molar-refractivity contribution < 1.29 is 9.59 Å². The maximum absolute atomic E-state index is 13.0. The molecule has 0 spiro atoms. The minimum Gasteiger partial charge on any atom is -0.341 e. The van der Waals surface area contributed by atoms with Gasteiger partial charge < -0.3 is 9.80 Å². The second kappa shape index (κ2) is 7.21. The number of thiazole rings is 1. The first-order valence-electron chi connectivity index (χ1n) is 8.98. The number of hydrogen-bond acceptors (Lipinski definition) is 4. The van der Waals surface area contributed by atoms with Crippen molar-refractivity contribution in [2.24, 2.45) is 5.92 Å². The van der Waals surface area contributed by atoms with Gasteiger partial charge in [0.15, 0.2) is 0 Å². The molecule has 0 aliphatic carbocycles. The molecule has 24 heavy (non-hydrogen) atoms. The van der Waals surface area contributed by atoms with E-state index in [1.165, 1.54) is 9.88 Å². The van der Waals surface area contributed by atoms with E-state index in [0.29, 0.717) is 12.3 Å². The third kappa shape index (κ3) is 3.48. The molecule has 0 N–H and O–H groups in total. The number of nitrogens with zero attached hydrogens (tertiary/aromatic N) is 3. The lowest BCUT2D eigenvalue weighted by Gasteiger charge is -2.37. The van der Waals surface area contributed by atoms with E-state index >= 15 is 0 Å². The highest BCUT2D eigenvalue weighted by Crippen LogP contribution is 2.32. The van der Waals surface area contributed by atoms with Gasteiger partial charge in [0.2, 0.25) is 11.8 Å². The number of carbonyl (C=O) groups excluding carboxylic acids is 2. The third-order valence-corrected chi connectivity index (χ3v) is 6.20. The van der Waals surface area contributed by atoms with E-state index in [2.05, 4.69) is 11.9 Å². The molecule has 0 aromatic carbocycles. The van der Waals surface area contributed by atoms with Gasteiger partial charge in [0.1, 0.15) is 6.04 Å². The lowest BCUT2D eigenvalue weighted by molar-refractivity contribution is -0.146. The fourth-order valence-electron chi connectivity index (χ4n) is 3.84. The molecule has 5 nitrogen and oxygen atoms in total. The summed E-state index contributed by atoms with van der Waals surface area (Å²) in [6.07, 6.45) is 5.34. The van der Waals surface area contributed by atoms with Crippen molar-refractivity contribution in [1.82, 2.24) is 14.8 Å². The Kier molecular flexibility index (Phi) is 5.23. The van der Waals surface area contributed by atoms with Crippen LogP contribution in [0.4, 0.5) is 0 Å². The largest absolute Gasteiger partial charge is 0.341 e. The Morgan fingerprint density at radius 2 is 2.00 bits per heavy atom. The zero-order valence-corrected chi connectivity index (χ0v) is 15.6. The van der Waals surface area contributed by atoms with E-state index in [4.69, 9.17) is 0 Å². The molecule has 1 aromatic rings. The molecule has 2 aliphatic rings.